The highest BCUT2D eigenvalue weighted by atomic mass is 32.2. The minimum Gasteiger partial charge on any atom is -0.478 e. The molecule has 0 bridgehead atoms. The van der Waals surface area contributed by atoms with Gasteiger partial charge in [0.05, 0.1) is 36.0 Å². The molecule has 178 valence electrons. The number of hydrogen-bond donors (Lipinski definition) is 2. The molecule has 2 aromatic carbocycles. The van der Waals surface area contributed by atoms with Crippen molar-refractivity contribution in [1.82, 2.24) is 5.32 Å². The number of fused-ring (bicyclic) bond motifs is 1. The Morgan fingerprint density at radius 2 is 1.91 bits per heavy atom. The molecule has 1 aliphatic heterocycles. The van der Waals surface area contributed by atoms with Crippen LogP contribution in [0.15, 0.2) is 65.3 Å². The van der Waals surface area contributed by atoms with Crippen molar-refractivity contribution in [3.05, 3.63) is 77.7 Å². The first-order chi connectivity index (χ1) is 16.2. The summed E-state index contributed by atoms with van der Waals surface area (Å²) in [6, 6.07) is 15.3. The molecule has 0 aliphatic carbocycles. The maximum Gasteiger partial charge on any atom is 0.265 e. The van der Waals surface area contributed by atoms with Gasteiger partial charge in [-0.2, -0.15) is 0 Å². The Kier molecular flexibility index (Phi) is 6.60. The molecule has 0 saturated carbocycles. The fourth-order valence-corrected chi connectivity index (χ4v) is 4.63. The van der Waals surface area contributed by atoms with Crippen LogP contribution in [0.25, 0.3) is 0 Å². The summed E-state index contributed by atoms with van der Waals surface area (Å²) in [5.74, 6) is 0.0514. The summed E-state index contributed by atoms with van der Waals surface area (Å²) < 4.78 is 37.1. The van der Waals surface area contributed by atoms with E-state index in [1.807, 2.05) is 6.92 Å². The molecule has 2 heterocycles. The number of sulfonamides is 1. The SMILES string of the molecule is Cc1ccc2c(c1)N(S(C)(=O)=O)CC[C@H](C(=O)Nc1ccccc1C(=O)NCc1ccco1)O2. The van der Waals surface area contributed by atoms with Crippen LogP contribution in [0.2, 0.25) is 0 Å². The molecular weight excluding hydrogens is 458 g/mol. The molecule has 9 nitrogen and oxygen atoms in total. The van der Waals surface area contributed by atoms with Gasteiger partial charge in [-0.3, -0.25) is 13.9 Å². The van der Waals surface area contributed by atoms with Gasteiger partial charge in [0.2, 0.25) is 10.0 Å². The van der Waals surface area contributed by atoms with Gasteiger partial charge in [0.15, 0.2) is 6.10 Å². The van der Waals surface area contributed by atoms with Crippen molar-refractivity contribution in [3.63, 3.8) is 0 Å². The number of amides is 2. The summed E-state index contributed by atoms with van der Waals surface area (Å²) in [6.07, 6.45) is 1.83. The number of carbonyl (C=O) groups excluding carboxylic acids is 2. The number of carbonyl (C=O) groups is 2. The Labute approximate surface area is 197 Å². The first-order valence-electron chi connectivity index (χ1n) is 10.7. The van der Waals surface area contributed by atoms with Crippen molar-refractivity contribution in [2.75, 3.05) is 22.4 Å². The van der Waals surface area contributed by atoms with Gasteiger partial charge in [-0.25, -0.2) is 8.42 Å². The number of nitrogens with zero attached hydrogens (tertiary/aromatic N) is 1. The molecule has 1 aromatic heterocycles. The topological polar surface area (TPSA) is 118 Å². The van der Waals surface area contributed by atoms with Crippen LogP contribution < -0.4 is 19.7 Å². The highest BCUT2D eigenvalue weighted by Crippen LogP contribution is 2.35. The van der Waals surface area contributed by atoms with E-state index in [1.165, 1.54) is 10.6 Å². The minimum atomic E-state index is -3.57. The molecular formula is C24H25N3O6S. The lowest BCUT2D eigenvalue weighted by Crippen LogP contribution is -2.36. The number of hydrogen-bond acceptors (Lipinski definition) is 6. The first-order valence-corrected chi connectivity index (χ1v) is 12.5. The second-order valence-electron chi connectivity index (χ2n) is 8.00. The number of para-hydroxylation sites is 1. The number of anilines is 2. The highest BCUT2D eigenvalue weighted by molar-refractivity contribution is 7.92. The predicted molar refractivity (Wildman–Crippen MR) is 127 cm³/mol. The fourth-order valence-electron chi connectivity index (χ4n) is 3.70. The molecule has 0 radical (unpaired) electrons. The summed E-state index contributed by atoms with van der Waals surface area (Å²) in [4.78, 5) is 25.8. The summed E-state index contributed by atoms with van der Waals surface area (Å²) >= 11 is 0. The number of aryl methyl sites for hydroxylation is 1. The lowest BCUT2D eigenvalue weighted by Gasteiger charge is -2.21. The summed E-state index contributed by atoms with van der Waals surface area (Å²) in [7, 11) is -3.57. The zero-order chi connectivity index (χ0) is 24.3. The van der Waals surface area contributed by atoms with Gasteiger partial charge in [-0.15, -0.1) is 0 Å². The summed E-state index contributed by atoms with van der Waals surface area (Å²) in [6.45, 7) is 2.14. The van der Waals surface area contributed by atoms with Crippen LogP contribution in [0, 0.1) is 6.92 Å². The van der Waals surface area contributed by atoms with Gasteiger partial charge in [0.25, 0.3) is 11.8 Å². The molecule has 4 rings (SSSR count). The Morgan fingerprint density at radius 1 is 1.12 bits per heavy atom. The van der Waals surface area contributed by atoms with E-state index >= 15 is 0 Å². The van der Waals surface area contributed by atoms with Gasteiger partial charge < -0.3 is 19.8 Å². The monoisotopic (exact) mass is 483 g/mol. The third kappa shape index (κ3) is 5.23. The molecule has 0 fully saturated rings. The third-order valence-corrected chi connectivity index (χ3v) is 6.55. The van der Waals surface area contributed by atoms with Crippen LogP contribution in [-0.4, -0.2) is 39.1 Å². The third-order valence-electron chi connectivity index (χ3n) is 5.37. The van der Waals surface area contributed by atoms with E-state index in [4.69, 9.17) is 9.15 Å². The van der Waals surface area contributed by atoms with Crippen molar-refractivity contribution in [1.29, 1.82) is 0 Å². The second-order valence-corrected chi connectivity index (χ2v) is 9.91. The second kappa shape index (κ2) is 9.60. The maximum absolute atomic E-state index is 13.1. The fraction of sp³-hybridized carbons (Fsp3) is 0.250. The average molecular weight is 484 g/mol. The van der Waals surface area contributed by atoms with Gasteiger partial charge in [-0.1, -0.05) is 18.2 Å². The molecule has 2 amide bonds. The van der Waals surface area contributed by atoms with E-state index in [0.717, 1.165) is 11.8 Å². The summed E-state index contributed by atoms with van der Waals surface area (Å²) in [5.41, 5.74) is 1.87. The number of benzene rings is 2. The maximum atomic E-state index is 13.1. The predicted octanol–water partition coefficient (Wildman–Crippen LogP) is 3.07. The normalized spacial score (nSPS) is 15.6. The number of nitrogens with one attached hydrogen (secondary N) is 2. The van der Waals surface area contributed by atoms with Crippen LogP contribution in [0.5, 0.6) is 5.75 Å². The summed E-state index contributed by atoms with van der Waals surface area (Å²) in [5, 5.41) is 5.52. The van der Waals surface area contributed by atoms with Crippen molar-refractivity contribution in [3.8, 4) is 5.75 Å². The number of furan rings is 1. The lowest BCUT2D eigenvalue weighted by atomic mass is 10.1. The van der Waals surface area contributed by atoms with Crippen LogP contribution in [0.3, 0.4) is 0 Å². The molecule has 0 unspecified atom stereocenters. The van der Waals surface area contributed by atoms with E-state index in [0.29, 0.717) is 22.9 Å². The molecule has 3 aromatic rings. The van der Waals surface area contributed by atoms with E-state index in [9.17, 15) is 18.0 Å². The van der Waals surface area contributed by atoms with Crippen molar-refractivity contribution in [2.24, 2.45) is 0 Å². The van der Waals surface area contributed by atoms with Crippen molar-refractivity contribution in [2.45, 2.75) is 26.0 Å². The molecule has 1 aliphatic rings. The molecule has 34 heavy (non-hydrogen) atoms. The Morgan fingerprint density at radius 3 is 2.65 bits per heavy atom. The Hall–Kier alpha value is -3.79. The van der Waals surface area contributed by atoms with Gasteiger partial charge in [0.1, 0.15) is 11.5 Å². The smallest absolute Gasteiger partial charge is 0.265 e. The minimum absolute atomic E-state index is 0.0820. The van der Waals surface area contributed by atoms with E-state index in [-0.39, 0.29) is 31.0 Å². The Bertz CT molecular complexity index is 1300. The standard InChI is InChI=1S/C24H25N3O6S/c1-16-9-10-21-20(14-16)27(34(2,30)31)12-11-22(33-21)24(29)26-19-8-4-3-7-18(19)23(28)25-15-17-6-5-13-32-17/h3-10,13-14,22H,11-12,15H2,1-2H3,(H,25,28)(H,26,29)/t22-/m1/s1. The molecule has 2 N–H and O–H groups in total. The molecule has 10 heteroatoms. The first kappa shape index (κ1) is 23.4. The van der Waals surface area contributed by atoms with Crippen LogP contribution >= 0.6 is 0 Å². The Balaban J connectivity index is 1.52. The van der Waals surface area contributed by atoms with Crippen LogP contribution in [0.1, 0.15) is 28.1 Å². The van der Waals surface area contributed by atoms with Gasteiger partial charge >= 0.3 is 0 Å². The number of rotatable bonds is 6. The molecule has 0 saturated heterocycles. The van der Waals surface area contributed by atoms with Crippen molar-refractivity contribution < 1.29 is 27.2 Å². The van der Waals surface area contributed by atoms with Gasteiger partial charge in [0, 0.05) is 13.0 Å². The van der Waals surface area contributed by atoms with Crippen molar-refractivity contribution >= 4 is 33.2 Å². The zero-order valence-electron chi connectivity index (χ0n) is 18.8. The van der Waals surface area contributed by atoms with E-state index in [1.54, 1.807) is 54.6 Å². The quantitative estimate of drug-likeness (QED) is 0.556. The zero-order valence-corrected chi connectivity index (χ0v) is 19.6. The molecule has 0 spiro atoms. The average Bonchev–Trinajstić information content (AvgIpc) is 3.23. The van der Waals surface area contributed by atoms with Crippen LogP contribution in [-0.2, 0) is 21.4 Å². The largest absolute Gasteiger partial charge is 0.478 e. The highest BCUT2D eigenvalue weighted by Gasteiger charge is 2.31. The number of ether oxygens (including phenoxy) is 1. The van der Waals surface area contributed by atoms with Gasteiger partial charge in [-0.05, 0) is 48.9 Å². The molecule has 1 atom stereocenters. The van der Waals surface area contributed by atoms with Crippen LogP contribution in [0.4, 0.5) is 11.4 Å². The lowest BCUT2D eigenvalue weighted by molar-refractivity contribution is -0.122. The van der Waals surface area contributed by atoms with E-state index < -0.39 is 22.0 Å². The van der Waals surface area contributed by atoms with E-state index in [2.05, 4.69) is 10.6 Å².